The van der Waals surface area contributed by atoms with Crippen LogP contribution in [0, 0.1) is 11.8 Å². The fourth-order valence-electron chi connectivity index (χ4n) is 4.52. The molecule has 2 aromatic heterocycles. The van der Waals surface area contributed by atoms with Gasteiger partial charge in [0.15, 0.2) is 0 Å². The summed E-state index contributed by atoms with van der Waals surface area (Å²) in [4.78, 5) is 19.3. The highest BCUT2D eigenvalue weighted by atomic mass is 16.2. The first-order chi connectivity index (χ1) is 14.3. The molecule has 0 radical (unpaired) electrons. The van der Waals surface area contributed by atoms with Crippen LogP contribution in [-0.2, 0) is 26.1 Å². The van der Waals surface area contributed by atoms with Gasteiger partial charge in [-0.3, -0.25) is 14.7 Å². The van der Waals surface area contributed by atoms with Gasteiger partial charge in [-0.1, -0.05) is 30.3 Å². The summed E-state index contributed by atoms with van der Waals surface area (Å²) in [5.74, 6) is 2.32. The number of nitrogens with one attached hydrogen (secondary N) is 1. The summed E-state index contributed by atoms with van der Waals surface area (Å²) in [5.41, 5.74) is 2.36. The van der Waals surface area contributed by atoms with Gasteiger partial charge in [0.25, 0.3) is 5.91 Å². The molecule has 1 aromatic carbocycles. The highest BCUT2D eigenvalue weighted by molar-refractivity contribution is 5.90. The molecule has 4 heterocycles. The number of amides is 1. The van der Waals surface area contributed by atoms with Crippen LogP contribution in [0.3, 0.4) is 0 Å². The smallest absolute Gasteiger partial charge is 0.289 e. The summed E-state index contributed by atoms with van der Waals surface area (Å²) in [7, 11) is 0. The zero-order chi connectivity index (χ0) is 19.6. The van der Waals surface area contributed by atoms with Crippen molar-refractivity contribution in [2.75, 3.05) is 13.1 Å². The third-order valence-corrected chi connectivity index (χ3v) is 6.00. The molecule has 29 heavy (non-hydrogen) atoms. The van der Waals surface area contributed by atoms with Gasteiger partial charge in [-0.05, 0) is 35.1 Å². The first-order valence-corrected chi connectivity index (χ1v) is 10.1. The van der Waals surface area contributed by atoms with E-state index in [1.165, 1.54) is 5.56 Å². The Balaban J connectivity index is 1.24. The predicted molar refractivity (Wildman–Crippen MR) is 108 cm³/mol. The molecule has 7 heteroatoms. The van der Waals surface area contributed by atoms with E-state index >= 15 is 0 Å². The zero-order valence-electron chi connectivity index (χ0n) is 16.2. The number of rotatable bonds is 5. The Labute approximate surface area is 169 Å². The third kappa shape index (κ3) is 3.78. The minimum absolute atomic E-state index is 0.155. The van der Waals surface area contributed by atoms with Gasteiger partial charge in [-0.15, -0.1) is 10.2 Å². The van der Waals surface area contributed by atoms with Crippen LogP contribution in [0.5, 0.6) is 0 Å². The van der Waals surface area contributed by atoms with Crippen molar-refractivity contribution in [3.63, 3.8) is 0 Å². The number of carbonyl (C=O) groups excluding carboxylic acids is 1. The minimum Gasteiger partial charge on any atom is -0.345 e. The van der Waals surface area contributed by atoms with Crippen molar-refractivity contribution >= 4 is 5.91 Å². The van der Waals surface area contributed by atoms with Crippen LogP contribution in [0.1, 0.15) is 27.6 Å². The van der Waals surface area contributed by atoms with Crippen molar-refractivity contribution in [2.45, 2.75) is 26.1 Å². The second kappa shape index (κ2) is 7.75. The fourth-order valence-corrected chi connectivity index (χ4v) is 4.52. The maximum Gasteiger partial charge on any atom is 0.289 e. The molecule has 0 bridgehead atoms. The first kappa shape index (κ1) is 18.0. The molecule has 1 saturated heterocycles. The summed E-state index contributed by atoms with van der Waals surface area (Å²) < 4.78 is 2.03. The second-order valence-electron chi connectivity index (χ2n) is 7.99. The van der Waals surface area contributed by atoms with Gasteiger partial charge in [0.2, 0.25) is 5.82 Å². The molecule has 1 amide bonds. The number of fused-ring (bicyclic) bond motifs is 2. The molecule has 1 fully saturated rings. The average Bonchev–Trinajstić information content (AvgIpc) is 3.34. The van der Waals surface area contributed by atoms with Crippen LogP contribution in [0.25, 0.3) is 0 Å². The van der Waals surface area contributed by atoms with E-state index < -0.39 is 0 Å². The molecule has 2 aliphatic rings. The van der Waals surface area contributed by atoms with E-state index in [1.54, 1.807) is 0 Å². The number of hydrogen-bond donors (Lipinski definition) is 1. The summed E-state index contributed by atoms with van der Waals surface area (Å²) in [5, 5.41) is 11.5. The first-order valence-electron chi connectivity index (χ1n) is 10.1. The lowest BCUT2D eigenvalue weighted by atomic mass is 9.89. The molecule has 2 unspecified atom stereocenters. The summed E-state index contributed by atoms with van der Waals surface area (Å²) in [6.45, 7) is 4.35. The normalized spacial score (nSPS) is 20.8. The Morgan fingerprint density at radius 2 is 1.76 bits per heavy atom. The molecule has 1 N–H and O–H groups in total. The van der Waals surface area contributed by atoms with Gasteiger partial charge in [-0.25, -0.2) is 0 Å². The molecule has 0 aliphatic carbocycles. The number of carbonyl (C=O) groups is 1. The Morgan fingerprint density at radius 3 is 2.59 bits per heavy atom. The maximum atomic E-state index is 12.7. The predicted octanol–water partition coefficient (Wildman–Crippen LogP) is 1.91. The van der Waals surface area contributed by atoms with E-state index in [2.05, 4.69) is 37.5 Å². The standard InChI is InChI=1S/C22H24N6O/c29-22(24-11-16-4-2-1-3-5-16)21-26-25-20-10-18-13-27(14-19(18)15-28(20)21)12-17-6-8-23-9-7-17/h1-9,18-19H,10-15H2,(H,24,29). The van der Waals surface area contributed by atoms with E-state index in [0.717, 1.165) is 44.0 Å². The van der Waals surface area contributed by atoms with Gasteiger partial charge in [0, 0.05) is 51.5 Å². The molecule has 2 aliphatic heterocycles. The Hall–Kier alpha value is -3.06. The monoisotopic (exact) mass is 388 g/mol. The van der Waals surface area contributed by atoms with Crippen LogP contribution in [0.15, 0.2) is 54.9 Å². The molecule has 3 aromatic rings. The summed E-state index contributed by atoms with van der Waals surface area (Å²) in [6, 6.07) is 14.1. The van der Waals surface area contributed by atoms with Crippen LogP contribution < -0.4 is 5.32 Å². The molecule has 0 spiro atoms. The van der Waals surface area contributed by atoms with Crippen molar-refractivity contribution < 1.29 is 4.79 Å². The number of aromatic nitrogens is 4. The molecule has 5 rings (SSSR count). The number of likely N-dealkylation sites (tertiary alicyclic amines) is 1. The maximum absolute atomic E-state index is 12.7. The van der Waals surface area contributed by atoms with Crippen molar-refractivity contribution in [1.82, 2.24) is 30.0 Å². The van der Waals surface area contributed by atoms with Gasteiger partial charge >= 0.3 is 0 Å². The van der Waals surface area contributed by atoms with Gasteiger partial charge < -0.3 is 9.88 Å². The van der Waals surface area contributed by atoms with Crippen molar-refractivity contribution in [3.8, 4) is 0 Å². The highest BCUT2D eigenvalue weighted by Crippen LogP contribution is 2.33. The molecular formula is C22H24N6O. The number of benzene rings is 1. The SMILES string of the molecule is O=C(NCc1ccccc1)c1nnc2n1CC1CN(Cc3ccncc3)CC1C2. The van der Waals surface area contributed by atoms with Gasteiger partial charge in [0.1, 0.15) is 5.82 Å². The van der Waals surface area contributed by atoms with E-state index in [9.17, 15) is 4.79 Å². The zero-order valence-corrected chi connectivity index (χ0v) is 16.2. The lowest BCUT2D eigenvalue weighted by Gasteiger charge is -2.25. The van der Waals surface area contributed by atoms with Gasteiger partial charge in [-0.2, -0.15) is 0 Å². The van der Waals surface area contributed by atoms with Crippen LogP contribution in [0.2, 0.25) is 0 Å². The van der Waals surface area contributed by atoms with E-state index in [4.69, 9.17) is 0 Å². The number of pyridine rings is 1. The highest BCUT2D eigenvalue weighted by Gasteiger charge is 2.39. The minimum atomic E-state index is -0.155. The van der Waals surface area contributed by atoms with Crippen molar-refractivity contribution in [3.05, 3.63) is 77.6 Å². The number of nitrogens with zero attached hydrogens (tertiary/aromatic N) is 5. The lowest BCUT2D eigenvalue weighted by Crippen LogP contribution is -2.32. The molecular weight excluding hydrogens is 364 g/mol. The van der Waals surface area contributed by atoms with E-state index in [0.29, 0.717) is 24.2 Å². The fraction of sp³-hybridized carbons (Fsp3) is 0.364. The van der Waals surface area contributed by atoms with Crippen LogP contribution in [-0.4, -0.2) is 43.6 Å². The Bertz CT molecular complexity index is 987. The van der Waals surface area contributed by atoms with E-state index in [1.807, 2.05) is 47.3 Å². The molecule has 7 nitrogen and oxygen atoms in total. The summed E-state index contributed by atoms with van der Waals surface area (Å²) in [6.07, 6.45) is 4.58. The largest absolute Gasteiger partial charge is 0.345 e. The second-order valence-corrected chi connectivity index (χ2v) is 7.99. The topological polar surface area (TPSA) is 75.9 Å². The Kier molecular flexibility index (Phi) is 4.81. The molecule has 148 valence electrons. The third-order valence-electron chi connectivity index (χ3n) is 6.00. The van der Waals surface area contributed by atoms with Crippen molar-refractivity contribution in [2.24, 2.45) is 11.8 Å². The lowest BCUT2D eigenvalue weighted by molar-refractivity contribution is 0.0932. The number of hydrogen-bond acceptors (Lipinski definition) is 5. The molecule has 2 atom stereocenters. The van der Waals surface area contributed by atoms with Crippen LogP contribution in [0.4, 0.5) is 0 Å². The van der Waals surface area contributed by atoms with Crippen LogP contribution >= 0.6 is 0 Å². The average molecular weight is 388 g/mol. The van der Waals surface area contributed by atoms with Crippen molar-refractivity contribution in [1.29, 1.82) is 0 Å². The summed E-state index contributed by atoms with van der Waals surface area (Å²) >= 11 is 0. The quantitative estimate of drug-likeness (QED) is 0.723. The van der Waals surface area contributed by atoms with Gasteiger partial charge in [0.05, 0.1) is 0 Å². The Morgan fingerprint density at radius 1 is 0.966 bits per heavy atom. The van der Waals surface area contributed by atoms with E-state index in [-0.39, 0.29) is 5.91 Å². The molecule has 0 saturated carbocycles.